The molecule has 0 spiro atoms. The molecule has 1 aliphatic rings. The molecular weight excluding hydrogens is 400 g/mol. The fourth-order valence-electron chi connectivity index (χ4n) is 3.19. The number of nitrogens with zero attached hydrogens (tertiary/aromatic N) is 5. The number of piperazine rings is 1. The minimum absolute atomic E-state index is 0.170. The number of benzene rings is 1. The first-order valence-electron chi connectivity index (χ1n) is 9.02. The third-order valence-electron chi connectivity index (χ3n) is 4.56. The SMILES string of the molecule is CC(=O)OOc1nc2nc(N3CCNCC3)n(-c3ccccc3Cl)c2c(=O)n1C. The molecule has 10 nitrogen and oxygen atoms in total. The molecule has 1 aromatic carbocycles. The van der Waals surface area contributed by atoms with Gasteiger partial charge in [-0.15, -0.1) is 0 Å². The molecule has 0 atom stereocenters. The van der Waals surface area contributed by atoms with Gasteiger partial charge in [0.05, 0.1) is 10.7 Å². The van der Waals surface area contributed by atoms with Crippen LogP contribution in [0.4, 0.5) is 5.95 Å². The predicted octanol–water partition coefficient (Wildman–Crippen LogP) is 1.04. The molecule has 2 aromatic heterocycles. The van der Waals surface area contributed by atoms with Crippen molar-refractivity contribution in [3.63, 3.8) is 0 Å². The third kappa shape index (κ3) is 3.52. The van der Waals surface area contributed by atoms with Crippen LogP contribution in [-0.2, 0) is 16.7 Å². The highest BCUT2D eigenvalue weighted by Gasteiger charge is 2.25. The zero-order valence-corrected chi connectivity index (χ0v) is 16.6. The van der Waals surface area contributed by atoms with E-state index in [-0.39, 0.29) is 17.2 Å². The highest BCUT2D eigenvalue weighted by atomic mass is 35.5. The van der Waals surface area contributed by atoms with E-state index in [1.807, 2.05) is 18.2 Å². The maximum Gasteiger partial charge on any atom is 0.352 e. The summed E-state index contributed by atoms with van der Waals surface area (Å²) in [5, 5.41) is 3.77. The van der Waals surface area contributed by atoms with Crippen molar-refractivity contribution in [3.8, 4) is 11.7 Å². The molecule has 1 saturated heterocycles. The van der Waals surface area contributed by atoms with Gasteiger partial charge in [0.2, 0.25) is 5.95 Å². The lowest BCUT2D eigenvalue weighted by atomic mass is 10.3. The normalized spacial score (nSPS) is 14.2. The van der Waals surface area contributed by atoms with Crippen LogP contribution in [0.25, 0.3) is 16.9 Å². The molecule has 1 fully saturated rings. The van der Waals surface area contributed by atoms with Crippen LogP contribution in [0.5, 0.6) is 6.01 Å². The van der Waals surface area contributed by atoms with Gasteiger partial charge in [-0.25, -0.2) is 14.6 Å². The molecule has 0 aliphatic carbocycles. The number of aromatic nitrogens is 4. The van der Waals surface area contributed by atoms with E-state index in [9.17, 15) is 9.59 Å². The number of hydrogen-bond donors (Lipinski definition) is 1. The standard InChI is InChI=1S/C18H19ClN6O4/c1-11(26)28-29-18-22-15-14(16(27)23(18)2)25(13-6-4-3-5-12(13)19)17(21-15)24-9-7-20-8-10-24/h3-6,20H,7-10H2,1-2H3. The number of para-hydroxylation sites is 1. The molecule has 1 aliphatic heterocycles. The first kappa shape index (κ1) is 19.2. The number of imidazole rings is 1. The van der Waals surface area contributed by atoms with E-state index in [4.69, 9.17) is 16.5 Å². The summed E-state index contributed by atoms with van der Waals surface area (Å²) in [6.07, 6.45) is 0. The molecule has 152 valence electrons. The van der Waals surface area contributed by atoms with Crippen LogP contribution >= 0.6 is 11.6 Å². The molecule has 29 heavy (non-hydrogen) atoms. The Morgan fingerprint density at radius 2 is 1.93 bits per heavy atom. The van der Waals surface area contributed by atoms with Gasteiger partial charge in [0.1, 0.15) is 0 Å². The van der Waals surface area contributed by atoms with Crippen molar-refractivity contribution in [2.75, 3.05) is 31.1 Å². The van der Waals surface area contributed by atoms with Gasteiger partial charge in [-0.05, 0) is 12.1 Å². The Hall–Kier alpha value is -3.11. The minimum Gasteiger partial charge on any atom is -0.339 e. The van der Waals surface area contributed by atoms with Gasteiger partial charge in [-0.1, -0.05) is 23.7 Å². The molecule has 11 heteroatoms. The molecule has 4 rings (SSSR count). The highest BCUT2D eigenvalue weighted by molar-refractivity contribution is 6.32. The topological polar surface area (TPSA) is 104 Å². The first-order valence-corrected chi connectivity index (χ1v) is 9.40. The largest absolute Gasteiger partial charge is 0.352 e. The van der Waals surface area contributed by atoms with E-state index in [1.54, 1.807) is 10.6 Å². The van der Waals surface area contributed by atoms with Gasteiger partial charge in [-0.3, -0.25) is 13.9 Å². The molecule has 0 amide bonds. The second-order valence-corrected chi connectivity index (χ2v) is 6.93. The Bertz CT molecular complexity index is 1140. The summed E-state index contributed by atoms with van der Waals surface area (Å²) in [6.45, 7) is 4.19. The van der Waals surface area contributed by atoms with Gasteiger partial charge in [0, 0.05) is 40.2 Å². The molecular formula is C18H19ClN6O4. The predicted molar refractivity (Wildman–Crippen MR) is 107 cm³/mol. The zero-order valence-electron chi connectivity index (χ0n) is 15.9. The van der Waals surface area contributed by atoms with E-state index in [0.29, 0.717) is 29.7 Å². The monoisotopic (exact) mass is 418 g/mol. The Morgan fingerprint density at radius 3 is 2.62 bits per heavy atom. The van der Waals surface area contributed by atoms with Crippen LogP contribution in [0.3, 0.4) is 0 Å². The lowest BCUT2D eigenvalue weighted by Crippen LogP contribution is -2.44. The average Bonchev–Trinajstić information content (AvgIpc) is 3.10. The number of nitrogens with one attached hydrogen (secondary N) is 1. The lowest BCUT2D eigenvalue weighted by Gasteiger charge is -2.28. The molecule has 0 unspecified atom stereocenters. The van der Waals surface area contributed by atoms with Crippen molar-refractivity contribution in [3.05, 3.63) is 39.6 Å². The molecule has 3 heterocycles. The Balaban J connectivity index is 1.97. The van der Waals surface area contributed by atoms with E-state index in [1.165, 1.54) is 14.0 Å². The fourth-order valence-corrected chi connectivity index (χ4v) is 3.41. The average molecular weight is 419 g/mol. The highest BCUT2D eigenvalue weighted by Crippen LogP contribution is 2.29. The maximum absolute atomic E-state index is 13.2. The summed E-state index contributed by atoms with van der Waals surface area (Å²) in [5.74, 6) is -0.105. The van der Waals surface area contributed by atoms with Crippen LogP contribution in [0.2, 0.25) is 5.02 Å². The molecule has 3 aromatic rings. The number of carbonyl (C=O) groups is 1. The number of rotatable bonds is 4. The van der Waals surface area contributed by atoms with Crippen molar-refractivity contribution < 1.29 is 14.6 Å². The number of anilines is 1. The molecule has 1 N–H and O–H groups in total. The number of carbonyl (C=O) groups excluding carboxylic acids is 1. The Morgan fingerprint density at radius 1 is 1.21 bits per heavy atom. The summed E-state index contributed by atoms with van der Waals surface area (Å²) in [5.41, 5.74) is 0.636. The number of halogens is 1. The van der Waals surface area contributed by atoms with Gasteiger partial charge in [0.15, 0.2) is 11.2 Å². The zero-order chi connectivity index (χ0) is 20.5. The summed E-state index contributed by atoms with van der Waals surface area (Å²) >= 11 is 6.44. The molecule has 0 radical (unpaired) electrons. The van der Waals surface area contributed by atoms with E-state index < -0.39 is 11.5 Å². The minimum atomic E-state index is -0.664. The smallest absolute Gasteiger partial charge is 0.339 e. The van der Waals surface area contributed by atoms with E-state index >= 15 is 0 Å². The summed E-state index contributed by atoms with van der Waals surface area (Å²) in [7, 11) is 1.47. The Labute approximate surface area is 170 Å². The summed E-state index contributed by atoms with van der Waals surface area (Å²) < 4.78 is 2.87. The van der Waals surface area contributed by atoms with Gasteiger partial charge in [-0.2, -0.15) is 9.97 Å². The van der Waals surface area contributed by atoms with Gasteiger partial charge >= 0.3 is 12.0 Å². The van der Waals surface area contributed by atoms with E-state index in [0.717, 1.165) is 17.7 Å². The number of fused-ring (bicyclic) bond motifs is 1. The van der Waals surface area contributed by atoms with Crippen molar-refractivity contribution in [2.45, 2.75) is 6.92 Å². The number of hydrogen-bond acceptors (Lipinski definition) is 8. The Kier molecular flexibility index (Phi) is 5.12. The molecule has 0 bridgehead atoms. The van der Waals surface area contributed by atoms with Crippen LogP contribution < -0.4 is 20.7 Å². The lowest BCUT2D eigenvalue weighted by molar-refractivity contribution is -0.215. The summed E-state index contributed by atoms with van der Waals surface area (Å²) in [4.78, 5) is 44.6. The second-order valence-electron chi connectivity index (χ2n) is 6.52. The van der Waals surface area contributed by atoms with Crippen molar-refractivity contribution in [1.82, 2.24) is 24.4 Å². The fraction of sp³-hybridized carbons (Fsp3) is 0.333. The first-order chi connectivity index (χ1) is 14.0. The van der Waals surface area contributed by atoms with Gasteiger partial charge < -0.3 is 10.2 Å². The van der Waals surface area contributed by atoms with Crippen LogP contribution in [0, 0.1) is 0 Å². The quantitative estimate of drug-likeness (QED) is 0.495. The third-order valence-corrected chi connectivity index (χ3v) is 4.88. The van der Waals surface area contributed by atoms with E-state index in [2.05, 4.69) is 25.1 Å². The summed E-state index contributed by atoms with van der Waals surface area (Å²) in [6, 6.07) is 7.05. The molecule has 0 saturated carbocycles. The van der Waals surface area contributed by atoms with Crippen LogP contribution in [-0.4, -0.2) is 51.3 Å². The van der Waals surface area contributed by atoms with Gasteiger partial charge in [0.25, 0.3) is 5.56 Å². The van der Waals surface area contributed by atoms with Crippen molar-refractivity contribution in [2.24, 2.45) is 7.05 Å². The second kappa shape index (κ2) is 7.72. The van der Waals surface area contributed by atoms with Crippen LogP contribution in [0.15, 0.2) is 29.1 Å². The van der Waals surface area contributed by atoms with Crippen molar-refractivity contribution in [1.29, 1.82) is 0 Å². The van der Waals surface area contributed by atoms with Crippen molar-refractivity contribution >= 4 is 34.7 Å². The maximum atomic E-state index is 13.2. The van der Waals surface area contributed by atoms with Crippen LogP contribution in [0.1, 0.15) is 6.92 Å².